The van der Waals surface area contributed by atoms with Crippen molar-refractivity contribution >= 4 is 23.2 Å². The van der Waals surface area contributed by atoms with Crippen LogP contribution in [0.5, 0.6) is 5.75 Å². The van der Waals surface area contributed by atoms with Crippen LogP contribution in [0, 0.1) is 0 Å². The maximum atomic E-state index is 13.2. The summed E-state index contributed by atoms with van der Waals surface area (Å²) in [6.45, 7) is 0.637. The standard InChI is InChI=1S/C23H19ClN4O3/c1-31-20-8-7-15(24)11-16(20)22(29)27-10-9-18-17(13-27)23(30)28-21(25-18)12-19(26-28)14-5-3-2-4-6-14/h2-8,11-12,26H,9-10,13H2,1H3. The van der Waals surface area contributed by atoms with Crippen molar-refractivity contribution in [3.63, 3.8) is 0 Å². The van der Waals surface area contributed by atoms with Crippen LogP contribution < -0.4 is 10.3 Å². The highest BCUT2D eigenvalue weighted by Gasteiger charge is 2.28. The van der Waals surface area contributed by atoms with E-state index < -0.39 is 0 Å². The summed E-state index contributed by atoms with van der Waals surface area (Å²) in [6.07, 6.45) is 0.502. The third-order valence-electron chi connectivity index (χ3n) is 5.53. The highest BCUT2D eigenvalue weighted by Crippen LogP contribution is 2.26. The van der Waals surface area contributed by atoms with Gasteiger partial charge in [0, 0.05) is 24.1 Å². The first kappa shape index (κ1) is 19.4. The van der Waals surface area contributed by atoms with Gasteiger partial charge in [0.2, 0.25) is 0 Å². The Hall–Kier alpha value is -3.58. The van der Waals surface area contributed by atoms with Crippen molar-refractivity contribution in [1.29, 1.82) is 0 Å². The third-order valence-corrected chi connectivity index (χ3v) is 5.76. The number of carbonyl (C=O) groups is 1. The average molecular weight is 435 g/mol. The van der Waals surface area contributed by atoms with Crippen LogP contribution in [0.1, 0.15) is 21.6 Å². The van der Waals surface area contributed by atoms with Crippen LogP contribution in [0.4, 0.5) is 0 Å². The summed E-state index contributed by atoms with van der Waals surface area (Å²) >= 11 is 6.09. The quantitative estimate of drug-likeness (QED) is 0.534. The fraction of sp³-hybridized carbons (Fsp3) is 0.174. The van der Waals surface area contributed by atoms with Gasteiger partial charge in [-0.1, -0.05) is 41.9 Å². The van der Waals surface area contributed by atoms with Crippen LogP contribution in [-0.2, 0) is 13.0 Å². The van der Waals surface area contributed by atoms with Crippen LogP contribution in [0.2, 0.25) is 5.02 Å². The predicted molar refractivity (Wildman–Crippen MR) is 118 cm³/mol. The largest absolute Gasteiger partial charge is 0.496 e. The molecule has 4 aromatic rings. The summed E-state index contributed by atoms with van der Waals surface area (Å²) in [5.41, 5.74) is 3.76. The molecule has 0 spiro atoms. The smallest absolute Gasteiger partial charge is 0.277 e. The number of hydrogen-bond donors (Lipinski definition) is 1. The first-order valence-electron chi connectivity index (χ1n) is 9.87. The van der Waals surface area contributed by atoms with Crippen molar-refractivity contribution in [3.05, 3.63) is 86.8 Å². The summed E-state index contributed by atoms with van der Waals surface area (Å²) < 4.78 is 6.76. The van der Waals surface area contributed by atoms with Crippen molar-refractivity contribution in [3.8, 4) is 17.0 Å². The molecule has 2 aromatic heterocycles. The summed E-state index contributed by atoms with van der Waals surface area (Å²) in [7, 11) is 1.51. The van der Waals surface area contributed by atoms with Gasteiger partial charge < -0.3 is 9.64 Å². The van der Waals surface area contributed by atoms with E-state index >= 15 is 0 Å². The van der Waals surface area contributed by atoms with Crippen LogP contribution in [0.15, 0.2) is 59.4 Å². The zero-order valence-corrected chi connectivity index (χ0v) is 17.5. The number of ether oxygens (including phenoxy) is 1. The number of halogens is 1. The molecule has 1 aliphatic rings. The molecule has 0 atom stereocenters. The number of aromatic nitrogens is 3. The molecule has 2 aromatic carbocycles. The molecule has 0 aliphatic carbocycles. The van der Waals surface area contributed by atoms with Gasteiger partial charge in [-0.25, -0.2) is 9.50 Å². The predicted octanol–water partition coefficient (Wildman–Crippen LogP) is 3.55. The fourth-order valence-corrected chi connectivity index (χ4v) is 4.11. The highest BCUT2D eigenvalue weighted by atomic mass is 35.5. The Morgan fingerprint density at radius 1 is 1.16 bits per heavy atom. The van der Waals surface area contributed by atoms with E-state index in [1.54, 1.807) is 23.1 Å². The van der Waals surface area contributed by atoms with E-state index in [9.17, 15) is 9.59 Å². The van der Waals surface area contributed by atoms with Gasteiger partial charge in [0.15, 0.2) is 5.65 Å². The second-order valence-corrected chi connectivity index (χ2v) is 7.83. The number of carbonyl (C=O) groups excluding carboxylic acids is 1. The number of fused-ring (bicyclic) bond motifs is 2. The second kappa shape index (κ2) is 7.59. The van der Waals surface area contributed by atoms with Crippen molar-refractivity contribution in [2.75, 3.05) is 13.7 Å². The van der Waals surface area contributed by atoms with E-state index in [2.05, 4.69) is 10.1 Å². The van der Waals surface area contributed by atoms with Crippen molar-refractivity contribution in [1.82, 2.24) is 19.5 Å². The first-order valence-corrected chi connectivity index (χ1v) is 10.2. The minimum atomic E-state index is -0.231. The minimum absolute atomic E-state index is 0.179. The van der Waals surface area contributed by atoms with E-state index in [0.717, 1.165) is 17.0 Å². The molecule has 0 fully saturated rings. The van der Waals surface area contributed by atoms with Gasteiger partial charge in [-0.15, -0.1) is 0 Å². The van der Waals surface area contributed by atoms with Crippen LogP contribution >= 0.6 is 11.6 Å². The molecule has 1 N–H and O–H groups in total. The van der Waals surface area contributed by atoms with Gasteiger partial charge in [-0.3, -0.25) is 14.7 Å². The Kier molecular flexibility index (Phi) is 4.75. The van der Waals surface area contributed by atoms with Crippen molar-refractivity contribution in [2.24, 2.45) is 0 Å². The number of methoxy groups -OCH3 is 1. The van der Waals surface area contributed by atoms with Gasteiger partial charge in [-0.2, -0.15) is 0 Å². The maximum absolute atomic E-state index is 13.2. The molecule has 8 heteroatoms. The first-order chi connectivity index (χ1) is 15.0. The van der Waals surface area contributed by atoms with E-state index in [1.165, 1.54) is 11.6 Å². The number of hydrogen-bond acceptors (Lipinski definition) is 4. The van der Waals surface area contributed by atoms with Gasteiger partial charge in [0.25, 0.3) is 11.5 Å². The molecule has 31 heavy (non-hydrogen) atoms. The SMILES string of the molecule is COc1ccc(Cl)cc1C(=O)N1CCc2nc3cc(-c4ccccc4)[nH]n3c(=O)c2C1. The maximum Gasteiger partial charge on any atom is 0.277 e. The lowest BCUT2D eigenvalue weighted by atomic mass is 10.1. The molecule has 3 heterocycles. The van der Waals surface area contributed by atoms with E-state index in [4.69, 9.17) is 16.3 Å². The monoisotopic (exact) mass is 434 g/mol. The summed E-state index contributed by atoms with van der Waals surface area (Å²) in [4.78, 5) is 32.7. The molecule has 1 aliphatic heterocycles. The van der Waals surface area contributed by atoms with Crippen molar-refractivity contribution in [2.45, 2.75) is 13.0 Å². The summed E-state index contributed by atoms with van der Waals surface area (Å²) in [5, 5.41) is 3.58. The molecule has 0 bridgehead atoms. The molecule has 7 nitrogen and oxygen atoms in total. The molecule has 0 unspecified atom stereocenters. The Morgan fingerprint density at radius 3 is 2.74 bits per heavy atom. The van der Waals surface area contributed by atoms with Gasteiger partial charge >= 0.3 is 0 Å². The molecule has 1 amide bonds. The molecule has 0 saturated heterocycles. The fourth-order valence-electron chi connectivity index (χ4n) is 3.94. The molecular weight excluding hydrogens is 416 g/mol. The van der Waals surface area contributed by atoms with E-state index in [1.807, 2.05) is 36.4 Å². The van der Waals surface area contributed by atoms with Crippen LogP contribution in [0.25, 0.3) is 16.9 Å². The Balaban J connectivity index is 1.52. The lowest BCUT2D eigenvalue weighted by Gasteiger charge is -2.28. The molecule has 5 rings (SSSR count). The van der Waals surface area contributed by atoms with Crippen molar-refractivity contribution < 1.29 is 9.53 Å². The van der Waals surface area contributed by atoms with Gasteiger partial charge in [0.1, 0.15) is 5.75 Å². The topological polar surface area (TPSA) is 79.7 Å². The summed E-state index contributed by atoms with van der Waals surface area (Å²) in [6, 6.07) is 16.5. The van der Waals surface area contributed by atoms with Crippen LogP contribution in [0.3, 0.4) is 0 Å². The number of rotatable bonds is 3. The lowest BCUT2D eigenvalue weighted by molar-refractivity contribution is 0.0729. The lowest BCUT2D eigenvalue weighted by Crippen LogP contribution is -2.40. The third kappa shape index (κ3) is 3.37. The minimum Gasteiger partial charge on any atom is -0.496 e. The number of nitrogens with zero attached hydrogens (tertiary/aromatic N) is 3. The number of amides is 1. The summed E-state index contributed by atoms with van der Waals surface area (Å²) in [5.74, 6) is 0.216. The average Bonchev–Trinajstić information content (AvgIpc) is 3.23. The van der Waals surface area contributed by atoms with E-state index in [0.29, 0.717) is 40.5 Å². The zero-order valence-electron chi connectivity index (χ0n) is 16.8. The Bertz CT molecular complexity index is 1360. The highest BCUT2D eigenvalue weighted by molar-refractivity contribution is 6.31. The Morgan fingerprint density at radius 2 is 1.97 bits per heavy atom. The molecule has 0 radical (unpaired) electrons. The zero-order chi connectivity index (χ0) is 21.5. The number of H-pyrrole nitrogens is 1. The second-order valence-electron chi connectivity index (χ2n) is 7.39. The van der Waals surface area contributed by atoms with E-state index in [-0.39, 0.29) is 18.0 Å². The number of benzene rings is 2. The normalized spacial score (nSPS) is 13.3. The van der Waals surface area contributed by atoms with Gasteiger partial charge in [-0.05, 0) is 23.8 Å². The Labute approximate surface area is 182 Å². The number of aromatic amines is 1. The number of nitrogens with one attached hydrogen (secondary N) is 1. The van der Waals surface area contributed by atoms with Crippen LogP contribution in [-0.4, -0.2) is 39.1 Å². The molecule has 156 valence electrons. The molecular formula is C23H19ClN4O3. The van der Waals surface area contributed by atoms with Gasteiger partial charge in [0.05, 0.1) is 36.2 Å². The molecule has 0 saturated carbocycles.